The average Bonchev–Trinajstić information content (AvgIpc) is 2.09. The summed E-state index contributed by atoms with van der Waals surface area (Å²) in [6.45, 7) is 6.95. The highest BCUT2D eigenvalue weighted by Gasteiger charge is 2.15. The van der Waals surface area contributed by atoms with Crippen LogP contribution in [0.15, 0.2) is 11.1 Å². The highest BCUT2D eigenvalue weighted by molar-refractivity contribution is 5.15. The third kappa shape index (κ3) is 2.36. The summed E-state index contributed by atoms with van der Waals surface area (Å²) in [5, 5.41) is 0. The molecule has 1 aliphatic carbocycles. The molecule has 0 bridgehead atoms. The lowest BCUT2D eigenvalue weighted by Crippen LogP contribution is -2.08. The molecular weight excluding hydrogens is 144 g/mol. The van der Waals surface area contributed by atoms with Gasteiger partial charge >= 0.3 is 0 Å². The quantitative estimate of drug-likeness (QED) is 0.548. The molecule has 1 aliphatic rings. The molecule has 0 nitrogen and oxygen atoms in total. The smallest absolute Gasteiger partial charge is 0.0292 e. The molecule has 0 N–H and O–H groups in total. The number of hydrogen-bond donors (Lipinski definition) is 0. The molecule has 1 unspecified atom stereocenters. The van der Waals surface area contributed by atoms with Crippen LogP contribution in [0.1, 0.15) is 59.3 Å². The van der Waals surface area contributed by atoms with Gasteiger partial charge in [0.15, 0.2) is 0 Å². The first-order valence-electron chi connectivity index (χ1n) is 5.45. The topological polar surface area (TPSA) is 0 Å². The lowest BCUT2D eigenvalue weighted by atomic mass is 9.82. The molecule has 0 spiro atoms. The summed E-state index contributed by atoms with van der Waals surface area (Å²) in [7, 11) is 0. The van der Waals surface area contributed by atoms with Crippen molar-refractivity contribution in [3.63, 3.8) is 0 Å². The van der Waals surface area contributed by atoms with Crippen molar-refractivity contribution < 1.29 is 0 Å². The van der Waals surface area contributed by atoms with Gasteiger partial charge in [0, 0.05) is 0 Å². The molecule has 0 aliphatic heterocycles. The summed E-state index contributed by atoms with van der Waals surface area (Å²) in [4.78, 5) is 0. The SMILES string of the molecule is CCCC1=C(C)CC(CC)CC1. The summed E-state index contributed by atoms with van der Waals surface area (Å²) in [5.41, 5.74) is 3.47. The molecule has 0 radical (unpaired) electrons. The molecule has 0 saturated carbocycles. The van der Waals surface area contributed by atoms with Gasteiger partial charge in [-0.2, -0.15) is 0 Å². The first kappa shape index (κ1) is 9.83. The van der Waals surface area contributed by atoms with Crippen LogP contribution >= 0.6 is 0 Å². The normalized spacial score (nSPS) is 24.8. The molecule has 0 saturated heterocycles. The Hall–Kier alpha value is -0.260. The maximum absolute atomic E-state index is 2.34. The molecule has 0 heteroatoms. The molecular formula is C12H22. The second-order valence-corrected chi connectivity index (χ2v) is 4.15. The summed E-state index contributed by atoms with van der Waals surface area (Å²) < 4.78 is 0. The van der Waals surface area contributed by atoms with Crippen LogP contribution in [0, 0.1) is 5.92 Å². The highest BCUT2D eigenvalue weighted by Crippen LogP contribution is 2.32. The van der Waals surface area contributed by atoms with E-state index in [4.69, 9.17) is 0 Å². The summed E-state index contributed by atoms with van der Waals surface area (Å²) in [6.07, 6.45) is 8.26. The van der Waals surface area contributed by atoms with Crippen molar-refractivity contribution >= 4 is 0 Å². The van der Waals surface area contributed by atoms with E-state index in [2.05, 4.69) is 20.8 Å². The van der Waals surface area contributed by atoms with Gasteiger partial charge < -0.3 is 0 Å². The molecule has 0 aromatic heterocycles. The lowest BCUT2D eigenvalue weighted by Gasteiger charge is -2.24. The summed E-state index contributed by atoms with van der Waals surface area (Å²) >= 11 is 0. The fourth-order valence-electron chi connectivity index (χ4n) is 2.26. The first-order valence-corrected chi connectivity index (χ1v) is 5.45. The van der Waals surface area contributed by atoms with Gasteiger partial charge in [-0.25, -0.2) is 0 Å². The second kappa shape index (κ2) is 4.69. The van der Waals surface area contributed by atoms with Crippen molar-refractivity contribution in [3.05, 3.63) is 11.1 Å². The monoisotopic (exact) mass is 166 g/mol. The van der Waals surface area contributed by atoms with Crippen LogP contribution in [0.4, 0.5) is 0 Å². The van der Waals surface area contributed by atoms with E-state index >= 15 is 0 Å². The maximum atomic E-state index is 2.34. The van der Waals surface area contributed by atoms with Crippen molar-refractivity contribution in [3.8, 4) is 0 Å². The Bertz CT molecular complexity index is 165. The van der Waals surface area contributed by atoms with Crippen molar-refractivity contribution in [2.24, 2.45) is 5.92 Å². The molecule has 1 atom stereocenters. The Morgan fingerprint density at radius 2 is 2.08 bits per heavy atom. The molecule has 1 rings (SSSR count). The largest absolute Gasteiger partial charge is 0.0738 e. The van der Waals surface area contributed by atoms with E-state index in [9.17, 15) is 0 Å². The van der Waals surface area contributed by atoms with Crippen LogP contribution < -0.4 is 0 Å². The maximum Gasteiger partial charge on any atom is -0.0292 e. The van der Waals surface area contributed by atoms with E-state index in [1.807, 2.05) is 0 Å². The Balaban J connectivity index is 2.52. The van der Waals surface area contributed by atoms with E-state index < -0.39 is 0 Å². The molecule has 0 fully saturated rings. The molecule has 0 aromatic carbocycles. The Morgan fingerprint density at radius 1 is 1.33 bits per heavy atom. The fraction of sp³-hybridized carbons (Fsp3) is 0.833. The summed E-state index contributed by atoms with van der Waals surface area (Å²) in [5.74, 6) is 0.991. The van der Waals surface area contributed by atoms with Crippen LogP contribution in [0.5, 0.6) is 0 Å². The number of allylic oxidation sites excluding steroid dienone is 2. The first-order chi connectivity index (χ1) is 5.77. The zero-order chi connectivity index (χ0) is 8.97. The van der Waals surface area contributed by atoms with Crippen molar-refractivity contribution in [2.45, 2.75) is 59.3 Å². The summed E-state index contributed by atoms with van der Waals surface area (Å²) in [6, 6.07) is 0. The van der Waals surface area contributed by atoms with Gasteiger partial charge in [0.1, 0.15) is 0 Å². The Morgan fingerprint density at radius 3 is 2.58 bits per heavy atom. The highest BCUT2D eigenvalue weighted by atomic mass is 14.2. The predicted molar refractivity (Wildman–Crippen MR) is 55.2 cm³/mol. The van der Waals surface area contributed by atoms with Crippen LogP contribution in [0.3, 0.4) is 0 Å². The van der Waals surface area contributed by atoms with Gasteiger partial charge in [-0.1, -0.05) is 37.8 Å². The third-order valence-corrected chi connectivity index (χ3v) is 3.18. The molecule has 12 heavy (non-hydrogen) atoms. The van der Waals surface area contributed by atoms with Crippen molar-refractivity contribution in [1.29, 1.82) is 0 Å². The minimum absolute atomic E-state index is 0.991. The van der Waals surface area contributed by atoms with Crippen LogP contribution in [-0.2, 0) is 0 Å². The van der Waals surface area contributed by atoms with Crippen molar-refractivity contribution in [1.82, 2.24) is 0 Å². The van der Waals surface area contributed by atoms with Crippen LogP contribution in [0.25, 0.3) is 0 Å². The van der Waals surface area contributed by atoms with E-state index in [0.717, 1.165) is 5.92 Å². The Labute approximate surface area is 77.1 Å². The van der Waals surface area contributed by atoms with Gasteiger partial charge in [-0.3, -0.25) is 0 Å². The van der Waals surface area contributed by atoms with Crippen LogP contribution in [-0.4, -0.2) is 0 Å². The van der Waals surface area contributed by atoms with E-state index in [1.165, 1.54) is 38.5 Å². The van der Waals surface area contributed by atoms with Gasteiger partial charge in [0.2, 0.25) is 0 Å². The average molecular weight is 166 g/mol. The molecule has 0 amide bonds. The number of rotatable bonds is 3. The zero-order valence-electron chi connectivity index (χ0n) is 8.82. The molecule has 70 valence electrons. The molecule has 0 aromatic rings. The third-order valence-electron chi connectivity index (χ3n) is 3.18. The standard InChI is InChI=1S/C12H22/c1-4-6-12-8-7-11(5-2)9-10(12)3/h11H,4-9H2,1-3H3. The zero-order valence-corrected chi connectivity index (χ0v) is 8.82. The minimum Gasteiger partial charge on any atom is -0.0738 e. The van der Waals surface area contributed by atoms with Crippen molar-refractivity contribution in [2.75, 3.05) is 0 Å². The fourth-order valence-corrected chi connectivity index (χ4v) is 2.26. The second-order valence-electron chi connectivity index (χ2n) is 4.15. The lowest BCUT2D eigenvalue weighted by molar-refractivity contribution is 0.435. The van der Waals surface area contributed by atoms with Crippen LogP contribution in [0.2, 0.25) is 0 Å². The minimum atomic E-state index is 0.991. The van der Waals surface area contributed by atoms with Gasteiger partial charge in [0.25, 0.3) is 0 Å². The van der Waals surface area contributed by atoms with Gasteiger partial charge in [-0.15, -0.1) is 0 Å². The van der Waals surface area contributed by atoms with Gasteiger partial charge in [0.05, 0.1) is 0 Å². The predicted octanol–water partition coefficient (Wildman–Crippen LogP) is 4.31. The number of hydrogen-bond acceptors (Lipinski definition) is 0. The molecule has 0 heterocycles. The van der Waals surface area contributed by atoms with E-state index in [-0.39, 0.29) is 0 Å². The van der Waals surface area contributed by atoms with E-state index in [1.54, 1.807) is 11.1 Å². The van der Waals surface area contributed by atoms with E-state index in [0.29, 0.717) is 0 Å². The Kier molecular flexibility index (Phi) is 3.84. The van der Waals surface area contributed by atoms with Gasteiger partial charge in [-0.05, 0) is 38.5 Å².